The minimum absolute atomic E-state index is 0.0338. The Morgan fingerprint density at radius 1 is 0.500 bits per heavy atom. The van der Waals surface area contributed by atoms with E-state index in [2.05, 4.69) is 32.0 Å². The number of fused-ring (bicyclic) bond motifs is 1. The molecule has 0 aliphatic heterocycles. The van der Waals surface area contributed by atoms with Crippen LogP contribution in [0.1, 0.15) is 179 Å². The van der Waals surface area contributed by atoms with Crippen molar-refractivity contribution in [1.29, 1.82) is 0 Å². The molecule has 0 radical (unpaired) electrons. The van der Waals surface area contributed by atoms with Crippen molar-refractivity contribution in [3.63, 3.8) is 0 Å². The first-order valence-electron chi connectivity index (χ1n) is 18.0. The Hall–Kier alpha value is -1.39. The highest BCUT2D eigenvalue weighted by Crippen LogP contribution is 2.27. The van der Waals surface area contributed by atoms with Gasteiger partial charge in [-0.05, 0) is 59.7 Å². The van der Waals surface area contributed by atoms with E-state index in [1.807, 2.05) is 0 Å². The van der Waals surface area contributed by atoms with E-state index >= 15 is 0 Å². The predicted octanol–water partition coefficient (Wildman–Crippen LogP) is 12.6. The van der Waals surface area contributed by atoms with Gasteiger partial charge >= 0.3 is 0 Å². The van der Waals surface area contributed by atoms with Crippen molar-refractivity contribution in [2.75, 3.05) is 0 Å². The van der Waals surface area contributed by atoms with Crippen molar-refractivity contribution < 1.29 is 13.0 Å². The Balaban J connectivity index is 1.73. The van der Waals surface area contributed by atoms with Gasteiger partial charge in [-0.2, -0.15) is 8.42 Å². The van der Waals surface area contributed by atoms with Crippen molar-refractivity contribution in [1.82, 2.24) is 0 Å². The first kappa shape index (κ1) is 36.8. The Bertz CT molecular complexity index is 1060. The van der Waals surface area contributed by atoms with Crippen molar-refractivity contribution >= 4 is 20.9 Å². The lowest BCUT2D eigenvalue weighted by Gasteiger charge is -2.11. The third-order valence-corrected chi connectivity index (χ3v) is 9.82. The summed E-state index contributed by atoms with van der Waals surface area (Å²) in [5.41, 5.74) is 2.31. The molecule has 0 amide bonds. The fraction of sp³-hybridized carbons (Fsp3) is 0.737. The number of rotatable bonds is 27. The van der Waals surface area contributed by atoms with Gasteiger partial charge in [0.1, 0.15) is 0 Å². The van der Waals surface area contributed by atoms with Gasteiger partial charge in [0.25, 0.3) is 10.1 Å². The van der Waals surface area contributed by atoms with Crippen molar-refractivity contribution in [3.8, 4) is 0 Å². The first-order valence-corrected chi connectivity index (χ1v) is 19.4. The Kier molecular flexibility index (Phi) is 20.2. The molecule has 2 aromatic carbocycles. The van der Waals surface area contributed by atoms with Crippen LogP contribution in [0.25, 0.3) is 10.8 Å². The number of benzene rings is 2. The van der Waals surface area contributed by atoms with Crippen LogP contribution in [0.3, 0.4) is 0 Å². The molecule has 2 rings (SSSR count). The molecule has 0 spiro atoms. The van der Waals surface area contributed by atoms with Crippen LogP contribution in [0.15, 0.2) is 35.2 Å². The molecule has 0 fully saturated rings. The average molecular weight is 601 g/mol. The quantitative estimate of drug-likeness (QED) is 0.0819. The molecule has 0 saturated heterocycles. The molecule has 0 heterocycles. The second kappa shape index (κ2) is 23.1. The molecule has 240 valence electrons. The zero-order valence-electron chi connectivity index (χ0n) is 27.4. The predicted molar refractivity (Wildman–Crippen MR) is 183 cm³/mol. The number of hydrogen-bond acceptors (Lipinski definition) is 2. The standard InChI is InChI=1S/C38H64O3S/c1-3-5-7-9-11-13-15-17-19-21-23-25-27-34-29-30-38-35(32-37(42(39,40)41)33-36(38)31-34)28-26-24-22-20-18-16-14-12-10-8-6-4-2/h29-33H,3-28H2,1-2H3,(H,39,40,41). The second-order valence-electron chi connectivity index (χ2n) is 12.9. The van der Waals surface area contributed by atoms with Gasteiger partial charge < -0.3 is 0 Å². The molecule has 42 heavy (non-hydrogen) atoms. The fourth-order valence-corrected chi connectivity index (χ4v) is 6.87. The number of aryl methyl sites for hydroxylation is 2. The third-order valence-electron chi connectivity index (χ3n) is 8.99. The van der Waals surface area contributed by atoms with Gasteiger partial charge in [-0.25, -0.2) is 0 Å². The summed E-state index contributed by atoms with van der Waals surface area (Å²) in [5.74, 6) is 0. The summed E-state index contributed by atoms with van der Waals surface area (Å²) in [4.78, 5) is 0.0338. The van der Waals surface area contributed by atoms with Crippen LogP contribution in [0.4, 0.5) is 0 Å². The zero-order valence-corrected chi connectivity index (χ0v) is 28.3. The largest absolute Gasteiger partial charge is 0.294 e. The van der Waals surface area contributed by atoms with Gasteiger partial charge in [-0.3, -0.25) is 4.55 Å². The zero-order chi connectivity index (χ0) is 30.3. The monoisotopic (exact) mass is 600 g/mol. The van der Waals surface area contributed by atoms with E-state index in [1.54, 1.807) is 12.1 Å². The summed E-state index contributed by atoms with van der Waals surface area (Å²) in [6.45, 7) is 4.54. The Morgan fingerprint density at radius 3 is 1.33 bits per heavy atom. The highest BCUT2D eigenvalue weighted by Gasteiger charge is 2.14. The van der Waals surface area contributed by atoms with Gasteiger partial charge in [-0.1, -0.05) is 173 Å². The molecule has 3 nitrogen and oxygen atoms in total. The van der Waals surface area contributed by atoms with E-state index in [0.717, 1.165) is 35.6 Å². The molecule has 0 aliphatic rings. The average Bonchev–Trinajstić information content (AvgIpc) is 2.97. The lowest BCUT2D eigenvalue weighted by atomic mass is 9.96. The highest BCUT2D eigenvalue weighted by atomic mass is 32.2. The molecular weight excluding hydrogens is 536 g/mol. The highest BCUT2D eigenvalue weighted by molar-refractivity contribution is 7.85. The maximum atomic E-state index is 12.0. The van der Waals surface area contributed by atoms with Gasteiger partial charge in [0.15, 0.2) is 0 Å². The van der Waals surface area contributed by atoms with Crippen LogP contribution in [0.2, 0.25) is 0 Å². The van der Waals surface area contributed by atoms with E-state index in [9.17, 15) is 13.0 Å². The minimum atomic E-state index is -4.23. The molecule has 0 aromatic heterocycles. The van der Waals surface area contributed by atoms with Crippen LogP contribution in [-0.4, -0.2) is 13.0 Å². The van der Waals surface area contributed by atoms with Crippen LogP contribution in [0.5, 0.6) is 0 Å². The van der Waals surface area contributed by atoms with E-state index in [-0.39, 0.29) is 4.90 Å². The van der Waals surface area contributed by atoms with Crippen LogP contribution >= 0.6 is 0 Å². The maximum Gasteiger partial charge on any atom is 0.294 e. The molecule has 0 saturated carbocycles. The Morgan fingerprint density at radius 2 is 0.905 bits per heavy atom. The summed E-state index contributed by atoms with van der Waals surface area (Å²) in [6, 6.07) is 9.89. The van der Waals surface area contributed by atoms with Crippen molar-refractivity contribution in [3.05, 3.63) is 41.5 Å². The fourth-order valence-electron chi connectivity index (χ4n) is 6.31. The van der Waals surface area contributed by atoms with Crippen molar-refractivity contribution in [2.45, 2.75) is 186 Å². The first-order chi connectivity index (χ1) is 20.5. The van der Waals surface area contributed by atoms with E-state index in [4.69, 9.17) is 0 Å². The second-order valence-corrected chi connectivity index (χ2v) is 14.3. The molecule has 1 N–H and O–H groups in total. The maximum absolute atomic E-state index is 12.0. The summed E-state index contributed by atoms with van der Waals surface area (Å²) in [6.07, 6.45) is 33.7. The molecule has 0 bridgehead atoms. The molecular formula is C38H64O3S. The summed E-state index contributed by atoms with van der Waals surface area (Å²) in [5, 5.41) is 2.07. The van der Waals surface area contributed by atoms with Crippen LogP contribution in [-0.2, 0) is 23.0 Å². The molecule has 0 unspecified atom stereocenters. The normalized spacial score (nSPS) is 12.0. The summed E-state index contributed by atoms with van der Waals surface area (Å²) in [7, 11) is -4.23. The van der Waals surface area contributed by atoms with Crippen molar-refractivity contribution in [2.24, 2.45) is 0 Å². The number of hydrogen-bond donors (Lipinski definition) is 1. The van der Waals surface area contributed by atoms with Crippen LogP contribution < -0.4 is 0 Å². The minimum Gasteiger partial charge on any atom is -0.282 e. The SMILES string of the molecule is CCCCCCCCCCCCCCc1ccc2c(CCCCCCCCCCCCCC)cc(S(=O)(=O)O)cc2c1. The lowest BCUT2D eigenvalue weighted by molar-refractivity contribution is 0.483. The third kappa shape index (κ3) is 16.5. The van der Waals surface area contributed by atoms with Gasteiger partial charge in [0.2, 0.25) is 0 Å². The van der Waals surface area contributed by atoms with Gasteiger partial charge in [0.05, 0.1) is 4.90 Å². The van der Waals surface area contributed by atoms with Crippen LogP contribution in [0, 0.1) is 0 Å². The lowest BCUT2D eigenvalue weighted by Crippen LogP contribution is -2.01. The van der Waals surface area contributed by atoms with E-state index in [0.29, 0.717) is 0 Å². The summed E-state index contributed by atoms with van der Waals surface area (Å²) < 4.78 is 33.9. The number of unbranched alkanes of at least 4 members (excludes halogenated alkanes) is 22. The topological polar surface area (TPSA) is 54.4 Å². The molecule has 0 aliphatic carbocycles. The summed E-state index contributed by atoms with van der Waals surface area (Å²) >= 11 is 0. The molecule has 2 aromatic rings. The van der Waals surface area contributed by atoms with Gasteiger partial charge in [-0.15, -0.1) is 0 Å². The Labute approximate surface area is 260 Å². The molecule has 0 atom stereocenters. The molecule has 4 heteroatoms. The smallest absolute Gasteiger partial charge is 0.282 e. The van der Waals surface area contributed by atoms with E-state index < -0.39 is 10.1 Å². The van der Waals surface area contributed by atoms with Gasteiger partial charge in [0, 0.05) is 0 Å². The van der Waals surface area contributed by atoms with E-state index in [1.165, 1.54) is 153 Å².